The Kier molecular flexibility index (Phi) is 2.87. The van der Waals surface area contributed by atoms with Gasteiger partial charge in [-0.3, -0.25) is 4.98 Å². The highest BCUT2D eigenvalue weighted by atomic mass is 16.6. The largest absolute Gasteiger partial charge is 0.394 e. The SMILES string of the molecule is C[C@]1(O)C(c2cnn3c(=O)[nH]cnc23)OC(CO)C1O. The molecule has 3 heterocycles. The molecule has 108 valence electrons. The van der Waals surface area contributed by atoms with Gasteiger partial charge in [0.15, 0.2) is 5.65 Å². The molecule has 0 amide bonds. The average Bonchev–Trinajstić information content (AvgIpc) is 2.92. The minimum Gasteiger partial charge on any atom is -0.394 e. The molecule has 1 fully saturated rings. The van der Waals surface area contributed by atoms with Crippen molar-refractivity contribution in [1.29, 1.82) is 0 Å². The summed E-state index contributed by atoms with van der Waals surface area (Å²) in [5.41, 5.74) is -1.50. The number of aromatic amines is 1. The lowest BCUT2D eigenvalue weighted by Crippen LogP contribution is -2.43. The van der Waals surface area contributed by atoms with Crippen LogP contribution in [0.1, 0.15) is 18.6 Å². The van der Waals surface area contributed by atoms with Gasteiger partial charge in [-0.25, -0.2) is 9.78 Å². The van der Waals surface area contributed by atoms with Crippen LogP contribution in [0.25, 0.3) is 5.65 Å². The van der Waals surface area contributed by atoms with Crippen molar-refractivity contribution in [3.63, 3.8) is 0 Å². The maximum atomic E-state index is 11.6. The highest BCUT2D eigenvalue weighted by molar-refractivity contribution is 5.48. The first kappa shape index (κ1) is 13.2. The smallest absolute Gasteiger partial charge is 0.349 e. The van der Waals surface area contributed by atoms with Crippen LogP contribution in [0.4, 0.5) is 0 Å². The van der Waals surface area contributed by atoms with E-state index in [1.54, 1.807) is 0 Å². The fourth-order valence-corrected chi connectivity index (χ4v) is 2.48. The van der Waals surface area contributed by atoms with E-state index < -0.39 is 36.2 Å². The number of H-pyrrole nitrogens is 1. The van der Waals surface area contributed by atoms with Crippen LogP contribution >= 0.6 is 0 Å². The van der Waals surface area contributed by atoms with E-state index in [2.05, 4.69) is 15.1 Å². The Morgan fingerprint density at radius 1 is 1.60 bits per heavy atom. The molecule has 0 aliphatic carbocycles. The summed E-state index contributed by atoms with van der Waals surface area (Å²) in [6, 6.07) is 0. The highest BCUT2D eigenvalue weighted by Crippen LogP contribution is 2.42. The van der Waals surface area contributed by atoms with Gasteiger partial charge >= 0.3 is 5.69 Å². The van der Waals surface area contributed by atoms with Gasteiger partial charge in [0.2, 0.25) is 0 Å². The predicted octanol–water partition coefficient (Wildman–Crippen LogP) is -2.04. The maximum Gasteiger partial charge on any atom is 0.349 e. The number of aliphatic hydroxyl groups is 3. The van der Waals surface area contributed by atoms with Crippen molar-refractivity contribution < 1.29 is 20.1 Å². The molecular weight excluding hydrogens is 268 g/mol. The standard InChI is InChI=1S/C11H14N4O5/c1-11(19)7(17)6(3-16)20-8(11)5-2-14-15-9(5)12-4-13-10(15)18/h2,4,6-8,16-17,19H,3H2,1H3,(H,12,13,18)/t6?,7?,8?,11-/m1/s1. The molecule has 1 aliphatic heterocycles. The molecule has 3 rings (SSSR count). The number of hydrogen-bond acceptors (Lipinski definition) is 7. The Labute approximate surface area is 112 Å². The molecule has 0 radical (unpaired) electrons. The Morgan fingerprint density at radius 3 is 3.00 bits per heavy atom. The Morgan fingerprint density at radius 2 is 2.35 bits per heavy atom. The first-order valence-electron chi connectivity index (χ1n) is 6.05. The first-order valence-corrected chi connectivity index (χ1v) is 6.05. The van der Waals surface area contributed by atoms with Gasteiger partial charge in [-0.05, 0) is 6.92 Å². The molecule has 3 unspecified atom stereocenters. The van der Waals surface area contributed by atoms with Gasteiger partial charge in [-0.1, -0.05) is 0 Å². The molecule has 0 spiro atoms. The zero-order chi connectivity index (χ0) is 14.5. The first-order chi connectivity index (χ1) is 9.46. The zero-order valence-corrected chi connectivity index (χ0v) is 10.6. The fourth-order valence-electron chi connectivity index (χ4n) is 2.48. The number of aliphatic hydroxyl groups excluding tert-OH is 2. The van der Waals surface area contributed by atoms with Crippen LogP contribution in [0, 0.1) is 0 Å². The number of fused-ring (bicyclic) bond motifs is 1. The molecule has 1 saturated heterocycles. The van der Waals surface area contributed by atoms with Gasteiger partial charge in [-0.15, -0.1) is 0 Å². The summed E-state index contributed by atoms with van der Waals surface area (Å²) in [7, 11) is 0. The van der Waals surface area contributed by atoms with E-state index in [-0.39, 0.29) is 5.65 Å². The monoisotopic (exact) mass is 282 g/mol. The van der Waals surface area contributed by atoms with Crippen molar-refractivity contribution in [3.8, 4) is 0 Å². The molecule has 4 atom stereocenters. The topological polar surface area (TPSA) is 133 Å². The van der Waals surface area contributed by atoms with Gasteiger partial charge in [0, 0.05) is 5.56 Å². The number of hydrogen-bond donors (Lipinski definition) is 4. The number of rotatable bonds is 2. The second-order valence-corrected chi connectivity index (χ2v) is 4.95. The van der Waals surface area contributed by atoms with E-state index >= 15 is 0 Å². The molecule has 0 saturated carbocycles. The van der Waals surface area contributed by atoms with Gasteiger partial charge in [0.25, 0.3) is 0 Å². The van der Waals surface area contributed by atoms with Gasteiger partial charge < -0.3 is 20.1 Å². The van der Waals surface area contributed by atoms with Gasteiger partial charge in [0.1, 0.15) is 23.9 Å². The molecular formula is C11H14N4O5. The molecule has 9 heteroatoms. The quantitative estimate of drug-likeness (QED) is 0.499. The number of nitrogens with zero attached hydrogens (tertiary/aromatic N) is 3. The minimum atomic E-state index is -1.62. The van der Waals surface area contributed by atoms with Crippen molar-refractivity contribution >= 4 is 5.65 Å². The van der Waals surface area contributed by atoms with Crippen LogP contribution in [-0.2, 0) is 4.74 Å². The summed E-state index contributed by atoms with van der Waals surface area (Å²) < 4.78 is 6.51. The molecule has 0 bridgehead atoms. The van der Waals surface area contributed by atoms with Crippen molar-refractivity contribution in [2.24, 2.45) is 0 Å². The summed E-state index contributed by atoms with van der Waals surface area (Å²) in [5.74, 6) is 0. The molecule has 20 heavy (non-hydrogen) atoms. The van der Waals surface area contributed by atoms with Crippen molar-refractivity contribution in [2.75, 3.05) is 6.61 Å². The van der Waals surface area contributed by atoms with E-state index in [1.807, 2.05) is 0 Å². The molecule has 9 nitrogen and oxygen atoms in total. The molecule has 2 aromatic heterocycles. The van der Waals surface area contributed by atoms with Crippen LogP contribution in [0.2, 0.25) is 0 Å². The van der Waals surface area contributed by atoms with Crippen molar-refractivity contribution in [3.05, 3.63) is 28.6 Å². The average molecular weight is 282 g/mol. The van der Waals surface area contributed by atoms with E-state index in [1.165, 1.54) is 19.4 Å². The summed E-state index contributed by atoms with van der Waals surface area (Å²) in [5, 5.41) is 33.4. The lowest BCUT2D eigenvalue weighted by Gasteiger charge is -2.25. The molecule has 0 aromatic carbocycles. The van der Waals surface area contributed by atoms with E-state index in [4.69, 9.17) is 9.84 Å². The lowest BCUT2D eigenvalue weighted by atomic mass is 9.90. The van der Waals surface area contributed by atoms with E-state index in [0.717, 1.165) is 4.52 Å². The summed E-state index contributed by atoms with van der Waals surface area (Å²) >= 11 is 0. The highest BCUT2D eigenvalue weighted by Gasteiger charge is 2.53. The zero-order valence-electron chi connectivity index (χ0n) is 10.6. The van der Waals surface area contributed by atoms with Crippen LogP contribution < -0.4 is 5.69 Å². The lowest BCUT2D eigenvalue weighted by molar-refractivity contribution is -0.0641. The third kappa shape index (κ3) is 1.68. The minimum absolute atomic E-state index is 0.227. The summed E-state index contributed by atoms with van der Waals surface area (Å²) in [4.78, 5) is 17.9. The normalized spacial score (nSPS) is 33.9. The number of ether oxygens (including phenoxy) is 1. The van der Waals surface area contributed by atoms with Crippen molar-refractivity contribution in [2.45, 2.75) is 30.8 Å². The fraction of sp³-hybridized carbons (Fsp3) is 0.545. The molecule has 4 N–H and O–H groups in total. The Hall–Kier alpha value is -1.81. The molecule has 1 aliphatic rings. The van der Waals surface area contributed by atoms with Crippen molar-refractivity contribution in [1.82, 2.24) is 19.6 Å². The second-order valence-electron chi connectivity index (χ2n) is 4.95. The van der Waals surface area contributed by atoms with Crippen LogP contribution in [0.3, 0.4) is 0 Å². The predicted molar refractivity (Wildman–Crippen MR) is 64.9 cm³/mol. The summed E-state index contributed by atoms with van der Waals surface area (Å²) in [6.07, 6.45) is -0.543. The van der Waals surface area contributed by atoms with Crippen LogP contribution in [-0.4, -0.2) is 59.3 Å². The van der Waals surface area contributed by atoms with Crippen LogP contribution in [0.5, 0.6) is 0 Å². The third-order valence-electron chi connectivity index (χ3n) is 3.59. The van der Waals surface area contributed by atoms with Gasteiger partial charge in [0.05, 0.1) is 19.1 Å². The second kappa shape index (κ2) is 4.35. The van der Waals surface area contributed by atoms with E-state index in [9.17, 15) is 15.0 Å². The Balaban J connectivity index is 2.12. The third-order valence-corrected chi connectivity index (χ3v) is 3.59. The van der Waals surface area contributed by atoms with Gasteiger partial charge in [-0.2, -0.15) is 9.61 Å². The number of nitrogens with one attached hydrogen (secondary N) is 1. The number of aromatic nitrogens is 4. The maximum absolute atomic E-state index is 11.6. The van der Waals surface area contributed by atoms with E-state index in [0.29, 0.717) is 5.56 Å². The summed E-state index contributed by atoms with van der Waals surface area (Å²) in [6.45, 7) is 0.968. The van der Waals surface area contributed by atoms with Crippen LogP contribution in [0.15, 0.2) is 17.3 Å². The Bertz CT molecular complexity index is 693. The molecule has 2 aromatic rings.